The maximum Gasteiger partial charge on any atom is 0.118 e. The van der Waals surface area contributed by atoms with Crippen molar-refractivity contribution in [2.75, 3.05) is 0 Å². The number of hydrogen-bond donors (Lipinski definition) is 1. The standard InChI is InChI=1S/C17H18N2/c1-14(16-10-6-3-7-11-16)19-17(18)13-12-15-8-4-2-5-9-15/h2-14H,1H3,(H2,18,19)/b13-12+/t14-/m0/s1. The number of rotatable bonds is 4. The van der Waals surface area contributed by atoms with E-state index in [9.17, 15) is 0 Å². The van der Waals surface area contributed by atoms with E-state index in [1.807, 2.05) is 67.6 Å². The van der Waals surface area contributed by atoms with Gasteiger partial charge in [0.25, 0.3) is 0 Å². The van der Waals surface area contributed by atoms with Gasteiger partial charge in [0.15, 0.2) is 0 Å². The highest BCUT2D eigenvalue weighted by molar-refractivity contribution is 5.95. The molecule has 0 aliphatic carbocycles. The van der Waals surface area contributed by atoms with E-state index in [1.165, 1.54) is 5.56 Å². The van der Waals surface area contributed by atoms with Crippen LogP contribution in [0.15, 0.2) is 71.7 Å². The summed E-state index contributed by atoms with van der Waals surface area (Å²) >= 11 is 0. The minimum absolute atomic E-state index is 0.0709. The Kier molecular flexibility index (Phi) is 4.51. The highest BCUT2D eigenvalue weighted by Gasteiger charge is 2.01. The molecule has 2 nitrogen and oxygen atoms in total. The van der Waals surface area contributed by atoms with Gasteiger partial charge in [-0.2, -0.15) is 0 Å². The monoisotopic (exact) mass is 250 g/mol. The molecule has 0 bridgehead atoms. The Balaban J connectivity index is 2.05. The van der Waals surface area contributed by atoms with Crippen LogP contribution in [0.4, 0.5) is 0 Å². The van der Waals surface area contributed by atoms with Crippen LogP contribution in [0.3, 0.4) is 0 Å². The van der Waals surface area contributed by atoms with Crippen LogP contribution in [0, 0.1) is 0 Å². The summed E-state index contributed by atoms with van der Waals surface area (Å²) in [6.45, 7) is 2.04. The van der Waals surface area contributed by atoms with Gasteiger partial charge >= 0.3 is 0 Å². The van der Waals surface area contributed by atoms with E-state index in [1.54, 1.807) is 0 Å². The molecular formula is C17H18N2. The maximum absolute atomic E-state index is 5.92. The molecule has 96 valence electrons. The lowest BCUT2D eigenvalue weighted by molar-refractivity contribution is 0.819. The van der Waals surface area contributed by atoms with Crippen molar-refractivity contribution in [1.82, 2.24) is 0 Å². The molecule has 2 rings (SSSR count). The quantitative estimate of drug-likeness (QED) is 0.650. The van der Waals surface area contributed by atoms with Crippen molar-refractivity contribution < 1.29 is 0 Å². The summed E-state index contributed by atoms with van der Waals surface area (Å²) in [5.74, 6) is 0.542. The van der Waals surface area contributed by atoms with Gasteiger partial charge in [-0.1, -0.05) is 66.7 Å². The molecule has 0 saturated carbocycles. The van der Waals surface area contributed by atoms with Gasteiger partial charge < -0.3 is 5.73 Å². The fourth-order valence-electron chi connectivity index (χ4n) is 1.82. The second-order valence-corrected chi connectivity index (χ2v) is 4.38. The Morgan fingerprint density at radius 3 is 2.21 bits per heavy atom. The largest absolute Gasteiger partial charge is 0.384 e. The minimum atomic E-state index is 0.0709. The van der Waals surface area contributed by atoms with Crippen molar-refractivity contribution in [1.29, 1.82) is 0 Å². The first kappa shape index (κ1) is 13.1. The van der Waals surface area contributed by atoms with Gasteiger partial charge in [0.2, 0.25) is 0 Å². The summed E-state index contributed by atoms with van der Waals surface area (Å²) in [6, 6.07) is 20.3. The van der Waals surface area contributed by atoms with E-state index in [4.69, 9.17) is 5.73 Å². The van der Waals surface area contributed by atoms with Crippen molar-refractivity contribution in [3.8, 4) is 0 Å². The molecule has 0 saturated heterocycles. The molecule has 2 aromatic carbocycles. The van der Waals surface area contributed by atoms with Gasteiger partial charge in [0.1, 0.15) is 5.84 Å². The molecule has 0 heterocycles. The third kappa shape index (κ3) is 4.11. The van der Waals surface area contributed by atoms with E-state index in [-0.39, 0.29) is 6.04 Å². The second-order valence-electron chi connectivity index (χ2n) is 4.38. The Labute approximate surface area is 114 Å². The number of nitrogens with zero attached hydrogens (tertiary/aromatic N) is 1. The molecule has 2 heteroatoms. The van der Waals surface area contributed by atoms with Gasteiger partial charge in [-0.25, -0.2) is 0 Å². The summed E-state index contributed by atoms with van der Waals surface area (Å²) in [5.41, 5.74) is 8.21. The van der Waals surface area contributed by atoms with Gasteiger partial charge in [0.05, 0.1) is 6.04 Å². The minimum Gasteiger partial charge on any atom is -0.384 e. The smallest absolute Gasteiger partial charge is 0.118 e. The van der Waals surface area contributed by atoms with Crippen LogP contribution in [0.1, 0.15) is 24.1 Å². The Bertz CT molecular complexity index is 556. The van der Waals surface area contributed by atoms with Crippen LogP contribution in [0.5, 0.6) is 0 Å². The van der Waals surface area contributed by atoms with Gasteiger partial charge in [-0.15, -0.1) is 0 Å². The van der Waals surface area contributed by atoms with Gasteiger partial charge in [-0.3, -0.25) is 4.99 Å². The molecule has 0 fully saturated rings. The predicted octanol–water partition coefficient (Wildman–Crippen LogP) is 3.82. The highest BCUT2D eigenvalue weighted by Crippen LogP contribution is 2.15. The fourth-order valence-corrected chi connectivity index (χ4v) is 1.82. The average Bonchev–Trinajstić information content (AvgIpc) is 2.47. The average molecular weight is 250 g/mol. The first-order valence-electron chi connectivity index (χ1n) is 6.37. The summed E-state index contributed by atoms with van der Waals surface area (Å²) in [7, 11) is 0. The van der Waals surface area contributed by atoms with Crippen molar-refractivity contribution in [2.24, 2.45) is 10.7 Å². The van der Waals surface area contributed by atoms with Gasteiger partial charge in [-0.05, 0) is 24.1 Å². The molecule has 0 aliphatic rings. The molecule has 0 aliphatic heterocycles. The fraction of sp³-hybridized carbons (Fsp3) is 0.118. The summed E-state index contributed by atoms with van der Waals surface area (Å²) in [6.07, 6.45) is 3.81. The lowest BCUT2D eigenvalue weighted by Gasteiger charge is -2.06. The summed E-state index contributed by atoms with van der Waals surface area (Å²) < 4.78 is 0. The Morgan fingerprint density at radius 2 is 1.58 bits per heavy atom. The third-order valence-electron chi connectivity index (χ3n) is 2.87. The molecule has 0 spiro atoms. The van der Waals surface area contributed by atoms with E-state index >= 15 is 0 Å². The van der Waals surface area contributed by atoms with Crippen LogP contribution in [0.25, 0.3) is 6.08 Å². The molecular weight excluding hydrogens is 232 g/mol. The molecule has 0 radical (unpaired) electrons. The summed E-state index contributed by atoms with van der Waals surface area (Å²) in [5, 5.41) is 0. The first-order valence-corrected chi connectivity index (χ1v) is 6.37. The lowest BCUT2D eigenvalue weighted by atomic mass is 10.1. The molecule has 1 atom stereocenters. The topological polar surface area (TPSA) is 38.4 Å². The van der Waals surface area contributed by atoms with Crippen LogP contribution >= 0.6 is 0 Å². The van der Waals surface area contributed by atoms with Crippen LogP contribution in [-0.4, -0.2) is 5.84 Å². The molecule has 0 amide bonds. The third-order valence-corrected chi connectivity index (χ3v) is 2.87. The molecule has 2 aromatic rings. The first-order chi connectivity index (χ1) is 9.25. The lowest BCUT2D eigenvalue weighted by Crippen LogP contribution is -2.09. The normalized spacial score (nSPS) is 13.6. The van der Waals surface area contributed by atoms with Gasteiger partial charge in [0, 0.05) is 0 Å². The van der Waals surface area contributed by atoms with Crippen molar-refractivity contribution in [2.45, 2.75) is 13.0 Å². The van der Waals surface area contributed by atoms with E-state index in [0.29, 0.717) is 5.84 Å². The van der Waals surface area contributed by atoms with Crippen LogP contribution in [-0.2, 0) is 0 Å². The van der Waals surface area contributed by atoms with Crippen molar-refractivity contribution in [3.63, 3.8) is 0 Å². The zero-order valence-electron chi connectivity index (χ0n) is 11.0. The van der Waals surface area contributed by atoms with E-state index < -0.39 is 0 Å². The number of hydrogen-bond acceptors (Lipinski definition) is 1. The number of nitrogens with two attached hydrogens (primary N) is 1. The molecule has 2 N–H and O–H groups in total. The summed E-state index contributed by atoms with van der Waals surface area (Å²) in [4.78, 5) is 4.47. The SMILES string of the molecule is C[C@H](N=C(N)/C=C/c1ccccc1)c1ccccc1. The van der Waals surface area contributed by atoms with Crippen molar-refractivity contribution >= 4 is 11.9 Å². The highest BCUT2D eigenvalue weighted by atomic mass is 14.9. The number of amidine groups is 1. The van der Waals surface area contributed by atoms with Crippen LogP contribution in [0.2, 0.25) is 0 Å². The second kappa shape index (κ2) is 6.55. The predicted molar refractivity (Wildman–Crippen MR) is 82.0 cm³/mol. The zero-order chi connectivity index (χ0) is 13.5. The number of benzene rings is 2. The molecule has 19 heavy (non-hydrogen) atoms. The Morgan fingerprint density at radius 1 is 1.00 bits per heavy atom. The zero-order valence-corrected chi connectivity index (χ0v) is 11.0. The molecule has 0 unspecified atom stereocenters. The Hall–Kier alpha value is -2.35. The number of aliphatic imine (C=N–C) groups is 1. The maximum atomic E-state index is 5.92. The van der Waals surface area contributed by atoms with E-state index in [2.05, 4.69) is 17.1 Å². The van der Waals surface area contributed by atoms with Crippen molar-refractivity contribution in [3.05, 3.63) is 77.9 Å². The van der Waals surface area contributed by atoms with Crippen LogP contribution < -0.4 is 5.73 Å². The van der Waals surface area contributed by atoms with E-state index in [0.717, 1.165) is 5.56 Å². The molecule has 0 aromatic heterocycles.